The first-order chi connectivity index (χ1) is 5.24. The highest BCUT2D eigenvalue weighted by molar-refractivity contribution is 5.94. The van der Waals surface area contributed by atoms with E-state index in [-0.39, 0.29) is 5.78 Å². The van der Waals surface area contributed by atoms with E-state index in [1.165, 1.54) is 19.1 Å². The molecule has 1 aromatic rings. The van der Waals surface area contributed by atoms with Crippen LogP contribution in [0.4, 0.5) is 0 Å². The predicted octanol–water partition coefficient (Wildman–Crippen LogP) is 1.74. The lowest BCUT2D eigenvalue weighted by Gasteiger charge is -1.96. The minimum absolute atomic E-state index is 0.00510. The van der Waals surface area contributed by atoms with Gasteiger partial charge in [0, 0.05) is 5.56 Å². The minimum atomic E-state index is -0.00510. The summed E-state index contributed by atoms with van der Waals surface area (Å²) < 4.78 is 0. The summed E-state index contributed by atoms with van der Waals surface area (Å²) in [6.45, 7) is 1.48. The molecule has 0 atom stereocenters. The summed E-state index contributed by atoms with van der Waals surface area (Å²) in [7, 11) is 0. The van der Waals surface area contributed by atoms with Crippen LogP contribution in [-0.2, 0) is 0 Å². The Kier molecular flexibility index (Phi) is 2.23. The minimum Gasteiger partial charge on any atom is -0.340 e. The Hall–Kier alpha value is -1.35. The van der Waals surface area contributed by atoms with E-state index >= 15 is 0 Å². The highest BCUT2D eigenvalue weighted by Crippen LogP contribution is 2.10. The monoisotopic (exact) mass is 152 g/mol. The van der Waals surface area contributed by atoms with Crippen molar-refractivity contribution >= 4 is 5.78 Å². The SMILES string of the molecule is CC(=O)c1ccc(OO)cc1. The molecule has 1 aromatic carbocycles. The summed E-state index contributed by atoms with van der Waals surface area (Å²) in [6, 6.07) is 6.23. The van der Waals surface area contributed by atoms with Crippen molar-refractivity contribution in [2.75, 3.05) is 0 Å². The van der Waals surface area contributed by atoms with Crippen molar-refractivity contribution in [3.05, 3.63) is 29.8 Å². The fourth-order valence-electron chi connectivity index (χ4n) is 0.751. The summed E-state index contributed by atoms with van der Waals surface area (Å²) in [5.74, 6) is 0.324. The molecule has 0 fully saturated rings. The number of Topliss-reactive ketones (excluding diaryl/α,β-unsaturated/α-hetero) is 1. The van der Waals surface area contributed by atoms with E-state index in [0.29, 0.717) is 11.3 Å². The number of rotatable bonds is 2. The van der Waals surface area contributed by atoms with Crippen LogP contribution in [0, 0.1) is 0 Å². The van der Waals surface area contributed by atoms with Crippen molar-refractivity contribution in [3.63, 3.8) is 0 Å². The normalized spacial score (nSPS) is 9.27. The molecular weight excluding hydrogens is 144 g/mol. The number of ketones is 1. The average Bonchev–Trinajstić information content (AvgIpc) is 2.05. The maximum absolute atomic E-state index is 10.7. The third-order valence-corrected chi connectivity index (χ3v) is 1.37. The fourth-order valence-corrected chi connectivity index (χ4v) is 0.751. The quantitative estimate of drug-likeness (QED) is 0.399. The van der Waals surface area contributed by atoms with Crippen LogP contribution < -0.4 is 4.89 Å². The molecule has 0 amide bonds. The summed E-state index contributed by atoms with van der Waals surface area (Å²) >= 11 is 0. The predicted molar refractivity (Wildman–Crippen MR) is 39.7 cm³/mol. The molecule has 11 heavy (non-hydrogen) atoms. The number of carbonyl (C=O) groups is 1. The van der Waals surface area contributed by atoms with Crippen LogP contribution in [-0.4, -0.2) is 11.0 Å². The van der Waals surface area contributed by atoms with E-state index in [0.717, 1.165) is 0 Å². The van der Waals surface area contributed by atoms with Gasteiger partial charge in [-0.1, -0.05) is 0 Å². The first kappa shape index (κ1) is 7.75. The second kappa shape index (κ2) is 3.16. The number of hydrogen-bond donors (Lipinski definition) is 1. The Morgan fingerprint density at radius 1 is 1.36 bits per heavy atom. The third kappa shape index (κ3) is 1.78. The van der Waals surface area contributed by atoms with Crippen molar-refractivity contribution in [2.24, 2.45) is 0 Å². The molecule has 0 spiro atoms. The van der Waals surface area contributed by atoms with Crippen molar-refractivity contribution in [2.45, 2.75) is 6.92 Å². The van der Waals surface area contributed by atoms with Crippen LogP contribution in [0.25, 0.3) is 0 Å². The Bertz CT molecular complexity index is 251. The molecule has 0 radical (unpaired) electrons. The topological polar surface area (TPSA) is 46.5 Å². The largest absolute Gasteiger partial charge is 0.340 e. The van der Waals surface area contributed by atoms with Gasteiger partial charge in [-0.2, -0.15) is 0 Å². The van der Waals surface area contributed by atoms with Crippen LogP contribution in [0.15, 0.2) is 24.3 Å². The highest BCUT2D eigenvalue weighted by Gasteiger charge is 1.98. The van der Waals surface area contributed by atoms with Gasteiger partial charge in [-0.05, 0) is 31.2 Å². The number of hydrogen-bond acceptors (Lipinski definition) is 3. The van der Waals surface area contributed by atoms with Crippen LogP contribution in [0.1, 0.15) is 17.3 Å². The van der Waals surface area contributed by atoms with Crippen molar-refractivity contribution in [3.8, 4) is 5.75 Å². The van der Waals surface area contributed by atoms with E-state index in [1.54, 1.807) is 12.1 Å². The van der Waals surface area contributed by atoms with E-state index in [1.807, 2.05) is 0 Å². The highest BCUT2D eigenvalue weighted by atomic mass is 17.1. The molecule has 0 heterocycles. The van der Waals surface area contributed by atoms with Gasteiger partial charge in [-0.25, -0.2) is 5.26 Å². The molecule has 0 saturated heterocycles. The van der Waals surface area contributed by atoms with Gasteiger partial charge in [0.05, 0.1) is 0 Å². The zero-order chi connectivity index (χ0) is 8.27. The summed E-state index contributed by atoms with van der Waals surface area (Å²) in [5, 5.41) is 8.18. The maximum atomic E-state index is 10.7. The molecule has 0 saturated carbocycles. The molecule has 0 aliphatic rings. The smallest absolute Gasteiger partial charge is 0.165 e. The fraction of sp³-hybridized carbons (Fsp3) is 0.125. The molecule has 0 bridgehead atoms. The molecule has 1 rings (SSSR count). The molecular formula is C8H8O3. The molecule has 3 nitrogen and oxygen atoms in total. The molecule has 0 aliphatic carbocycles. The Morgan fingerprint density at radius 3 is 2.27 bits per heavy atom. The summed E-state index contributed by atoms with van der Waals surface area (Å²) in [6.07, 6.45) is 0. The zero-order valence-electron chi connectivity index (χ0n) is 6.07. The first-order valence-electron chi connectivity index (χ1n) is 3.16. The second-order valence-electron chi connectivity index (χ2n) is 2.17. The van der Waals surface area contributed by atoms with Crippen LogP contribution in [0.2, 0.25) is 0 Å². The molecule has 0 unspecified atom stereocenters. The maximum Gasteiger partial charge on any atom is 0.165 e. The van der Waals surface area contributed by atoms with E-state index in [4.69, 9.17) is 5.26 Å². The molecule has 58 valence electrons. The van der Waals surface area contributed by atoms with Gasteiger partial charge in [-0.3, -0.25) is 4.79 Å². The lowest BCUT2D eigenvalue weighted by Crippen LogP contribution is -1.91. The molecule has 3 heteroatoms. The van der Waals surface area contributed by atoms with Crippen molar-refractivity contribution < 1.29 is 14.9 Å². The van der Waals surface area contributed by atoms with E-state index in [2.05, 4.69) is 4.89 Å². The van der Waals surface area contributed by atoms with Crippen LogP contribution in [0.5, 0.6) is 5.75 Å². The second-order valence-corrected chi connectivity index (χ2v) is 2.17. The zero-order valence-corrected chi connectivity index (χ0v) is 6.07. The van der Waals surface area contributed by atoms with E-state index < -0.39 is 0 Å². The summed E-state index contributed by atoms with van der Waals surface area (Å²) in [5.41, 5.74) is 0.603. The van der Waals surface area contributed by atoms with Gasteiger partial charge >= 0.3 is 0 Å². The van der Waals surface area contributed by atoms with Gasteiger partial charge < -0.3 is 4.89 Å². The Labute approximate surface area is 64.2 Å². The van der Waals surface area contributed by atoms with Crippen LogP contribution >= 0.6 is 0 Å². The molecule has 0 aromatic heterocycles. The van der Waals surface area contributed by atoms with Gasteiger partial charge in [0.25, 0.3) is 0 Å². The van der Waals surface area contributed by atoms with Gasteiger partial charge in [0.2, 0.25) is 0 Å². The third-order valence-electron chi connectivity index (χ3n) is 1.37. The molecule has 1 N–H and O–H groups in total. The Morgan fingerprint density at radius 2 is 1.91 bits per heavy atom. The van der Waals surface area contributed by atoms with Crippen LogP contribution in [0.3, 0.4) is 0 Å². The number of carbonyl (C=O) groups excluding carboxylic acids is 1. The number of benzene rings is 1. The van der Waals surface area contributed by atoms with Gasteiger partial charge in [-0.15, -0.1) is 0 Å². The summed E-state index contributed by atoms with van der Waals surface area (Å²) in [4.78, 5) is 14.7. The average molecular weight is 152 g/mol. The van der Waals surface area contributed by atoms with Crippen molar-refractivity contribution in [1.82, 2.24) is 0 Å². The van der Waals surface area contributed by atoms with Gasteiger partial charge in [0.1, 0.15) is 0 Å². The first-order valence-corrected chi connectivity index (χ1v) is 3.16. The van der Waals surface area contributed by atoms with Gasteiger partial charge in [0.15, 0.2) is 11.5 Å². The molecule has 0 aliphatic heterocycles. The standard InChI is InChI=1S/C8H8O3/c1-6(9)7-2-4-8(11-10)5-3-7/h2-5,10H,1H3. The Balaban J connectivity index is 2.91. The van der Waals surface area contributed by atoms with Crippen molar-refractivity contribution in [1.29, 1.82) is 0 Å². The van der Waals surface area contributed by atoms with E-state index in [9.17, 15) is 4.79 Å². The lowest BCUT2D eigenvalue weighted by molar-refractivity contribution is -0.137. The lowest BCUT2D eigenvalue weighted by atomic mass is 10.1.